The zero-order valence-corrected chi connectivity index (χ0v) is 15.4. The number of halogens is 2. The van der Waals surface area contributed by atoms with Crippen molar-refractivity contribution < 1.29 is 18.3 Å². The van der Waals surface area contributed by atoms with E-state index in [1.54, 1.807) is 30.0 Å². The Labute approximate surface area is 164 Å². The summed E-state index contributed by atoms with van der Waals surface area (Å²) in [6, 6.07) is 14.0. The van der Waals surface area contributed by atoms with Crippen LogP contribution < -0.4 is 14.8 Å². The molecule has 29 heavy (non-hydrogen) atoms. The number of fused-ring (bicyclic) bond motifs is 1. The number of ether oxygens (including phenoxy) is 2. The van der Waals surface area contributed by atoms with Gasteiger partial charge in [-0.1, -0.05) is 24.3 Å². The molecule has 2 aromatic heterocycles. The van der Waals surface area contributed by atoms with E-state index in [-0.39, 0.29) is 5.75 Å². The highest BCUT2D eigenvalue weighted by molar-refractivity contribution is 5.76. The maximum atomic E-state index is 12.3. The van der Waals surface area contributed by atoms with E-state index in [1.807, 2.05) is 24.3 Å². The van der Waals surface area contributed by atoms with Crippen LogP contribution in [0.4, 0.5) is 14.6 Å². The molecule has 0 amide bonds. The minimum Gasteiger partial charge on any atom is -0.497 e. The van der Waals surface area contributed by atoms with Gasteiger partial charge < -0.3 is 14.8 Å². The Hall–Kier alpha value is -3.75. The molecule has 7 nitrogen and oxygen atoms in total. The lowest BCUT2D eigenvalue weighted by atomic mass is 10.1. The van der Waals surface area contributed by atoms with Crippen molar-refractivity contribution >= 4 is 11.6 Å². The monoisotopic (exact) mass is 397 g/mol. The number of rotatable bonds is 7. The second kappa shape index (κ2) is 8.09. The van der Waals surface area contributed by atoms with Crippen molar-refractivity contribution in [3.8, 4) is 22.6 Å². The van der Waals surface area contributed by atoms with E-state index in [4.69, 9.17) is 4.74 Å². The first kappa shape index (κ1) is 18.6. The molecule has 4 rings (SSSR count). The summed E-state index contributed by atoms with van der Waals surface area (Å²) in [6.07, 6.45) is 3.16. The molecule has 0 bridgehead atoms. The Balaban J connectivity index is 1.62. The molecule has 0 saturated carbocycles. The summed E-state index contributed by atoms with van der Waals surface area (Å²) in [6.45, 7) is -2.40. The van der Waals surface area contributed by atoms with Gasteiger partial charge in [0.25, 0.3) is 5.78 Å². The molecule has 0 spiro atoms. The predicted molar refractivity (Wildman–Crippen MR) is 103 cm³/mol. The molecule has 0 aliphatic rings. The zero-order valence-electron chi connectivity index (χ0n) is 15.4. The maximum Gasteiger partial charge on any atom is 0.387 e. The Bertz CT molecular complexity index is 1100. The Morgan fingerprint density at radius 2 is 1.72 bits per heavy atom. The quantitative estimate of drug-likeness (QED) is 0.508. The fourth-order valence-electron chi connectivity index (χ4n) is 2.91. The van der Waals surface area contributed by atoms with E-state index in [2.05, 4.69) is 25.1 Å². The summed E-state index contributed by atoms with van der Waals surface area (Å²) in [4.78, 5) is 8.47. The number of hydrogen-bond donors (Lipinski definition) is 1. The molecule has 148 valence electrons. The summed E-state index contributed by atoms with van der Waals surface area (Å²) in [5, 5.41) is 7.60. The highest BCUT2D eigenvalue weighted by atomic mass is 19.3. The van der Waals surface area contributed by atoms with Crippen molar-refractivity contribution in [3.63, 3.8) is 0 Å². The molecule has 9 heteroatoms. The topological polar surface area (TPSA) is 73.6 Å². The molecule has 4 aromatic rings. The molecule has 2 heterocycles. The molecular weight excluding hydrogens is 380 g/mol. The fraction of sp³-hybridized carbons (Fsp3) is 0.150. The van der Waals surface area contributed by atoms with Gasteiger partial charge in [-0.25, -0.2) is 4.98 Å². The van der Waals surface area contributed by atoms with Crippen molar-refractivity contribution in [2.24, 2.45) is 0 Å². The van der Waals surface area contributed by atoms with Gasteiger partial charge in [-0.3, -0.25) is 0 Å². The number of aromatic nitrogens is 4. The summed E-state index contributed by atoms with van der Waals surface area (Å²) in [5.41, 5.74) is 2.65. The number of methoxy groups -OCH3 is 1. The van der Waals surface area contributed by atoms with E-state index < -0.39 is 6.61 Å². The fourth-order valence-corrected chi connectivity index (χ4v) is 2.91. The number of nitrogens with zero attached hydrogens (tertiary/aromatic N) is 4. The number of hydrogen-bond acceptors (Lipinski definition) is 6. The Morgan fingerprint density at radius 1 is 1.00 bits per heavy atom. The van der Waals surface area contributed by atoms with E-state index >= 15 is 0 Å². The number of nitrogens with one attached hydrogen (secondary N) is 1. The number of anilines is 1. The average molecular weight is 397 g/mol. The van der Waals surface area contributed by atoms with Crippen LogP contribution in [-0.4, -0.2) is 33.3 Å². The minimum absolute atomic E-state index is 0.116. The first-order valence-electron chi connectivity index (χ1n) is 8.75. The lowest BCUT2D eigenvalue weighted by molar-refractivity contribution is -0.0498. The van der Waals surface area contributed by atoms with Crippen LogP contribution in [0.3, 0.4) is 0 Å². The lowest BCUT2D eigenvalue weighted by Crippen LogP contribution is -2.08. The molecular formula is C20H17F2N5O2. The van der Waals surface area contributed by atoms with E-state index in [0.29, 0.717) is 18.1 Å². The second-order valence-corrected chi connectivity index (χ2v) is 6.10. The van der Waals surface area contributed by atoms with E-state index in [0.717, 1.165) is 22.4 Å². The molecule has 0 atom stereocenters. The maximum absolute atomic E-state index is 12.3. The molecule has 0 unspecified atom stereocenters. The number of benzene rings is 2. The van der Waals surface area contributed by atoms with Gasteiger partial charge >= 0.3 is 6.61 Å². The van der Waals surface area contributed by atoms with Crippen LogP contribution in [0.5, 0.6) is 11.5 Å². The highest BCUT2D eigenvalue weighted by Gasteiger charge is 2.13. The summed E-state index contributed by atoms with van der Waals surface area (Å²) in [5.74, 6) is 2.05. The van der Waals surface area contributed by atoms with Gasteiger partial charge in [0.2, 0.25) is 0 Å². The standard InChI is InChI=1S/C20H17F2N5O2/c1-28-15-8-4-14(5-9-15)17-11-24-20-25-12-26-27(20)18(17)23-10-13-2-6-16(7-3-13)29-19(21)22/h2-9,11-12,19,23H,10H2,1H3. The van der Waals surface area contributed by atoms with Crippen molar-refractivity contribution in [1.29, 1.82) is 0 Å². The van der Waals surface area contributed by atoms with Crippen molar-refractivity contribution in [2.75, 3.05) is 12.4 Å². The molecule has 0 aliphatic carbocycles. The van der Waals surface area contributed by atoms with Gasteiger partial charge in [0, 0.05) is 18.3 Å². The summed E-state index contributed by atoms with van der Waals surface area (Å²) >= 11 is 0. The third-order valence-electron chi connectivity index (χ3n) is 4.32. The predicted octanol–water partition coefficient (Wildman–Crippen LogP) is 4.01. The molecule has 0 radical (unpaired) electrons. The average Bonchev–Trinajstić information content (AvgIpc) is 3.22. The molecule has 2 aromatic carbocycles. The van der Waals surface area contributed by atoms with Gasteiger partial charge in [0.1, 0.15) is 23.6 Å². The van der Waals surface area contributed by atoms with Crippen molar-refractivity contribution in [2.45, 2.75) is 13.2 Å². The third-order valence-corrected chi connectivity index (χ3v) is 4.32. The normalized spacial score (nSPS) is 11.0. The third kappa shape index (κ3) is 4.08. The summed E-state index contributed by atoms with van der Waals surface area (Å²) in [7, 11) is 1.61. The number of alkyl halides is 2. The van der Waals surface area contributed by atoms with E-state index in [9.17, 15) is 8.78 Å². The molecule has 0 fully saturated rings. The summed E-state index contributed by atoms with van der Waals surface area (Å²) < 4.78 is 35.8. The van der Waals surface area contributed by atoms with Gasteiger partial charge in [-0.05, 0) is 35.4 Å². The molecule has 0 aliphatic heterocycles. The van der Waals surface area contributed by atoms with Gasteiger partial charge in [-0.2, -0.15) is 23.4 Å². The van der Waals surface area contributed by atoms with Gasteiger partial charge in [0.15, 0.2) is 0 Å². The smallest absolute Gasteiger partial charge is 0.387 e. The Kier molecular flexibility index (Phi) is 5.19. The van der Waals surface area contributed by atoms with Crippen LogP contribution >= 0.6 is 0 Å². The van der Waals surface area contributed by atoms with Crippen molar-refractivity contribution in [1.82, 2.24) is 19.6 Å². The highest BCUT2D eigenvalue weighted by Crippen LogP contribution is 2.29. The van der Waals surface area contributed by atoms with Crippen LogP contribution in [0.25, 0.3) is 16.9 Å². The minimum atomic E-state index is -2.84. The first-order valence-corrected chi connectivity index (χ1v) is 8.75. The van der Waals surface area contributed by atoms with Crippen molar-refractivity contribution in [3.05, 3.63) is 66.6 Å². The molecule has 0 saturated heterocycles. The lowest BCUT2D eigenvalue weighted by Gasteiger charge is -2.14. The van der Waals surface area contributed by atoms with E-state index in [1.165, 1.54) is 18.5 Å². The zero-order chi connectivity index (χ0) is 20.2. The first-order chi connectivity index (χ1) is 14.1. The largest absolute Gasteiger partial charge is 0.497 e. The Morgan fingerprint density at radius 3 is 2.41 bits per heavy atom. The van der Waals surface area contributed by atoms with Gasteiger partial charge in [0.05, 0.1) is 7.11 Å². The van der Waals surface area contributed by atoms with Crippen LogP contribution in [-0.2, 0) is 6.54 Å². The van der Waals surface area contributed by atoms with Gasteiger partial charge in [-0.15, -0.1) is 0 Å². The molecule has 1 N–H and O–H groups in total. The second-order valence-electron chi connectivity index (χ2n) is 6.10. The van der Waals surface area contributed by atoms with Crippen LogP contribution in [0.2, 0.25) is 0 Å². The van der Waals surface area contributed by atoms with Crippen LogP contribution in [0, 0.1) is 0 Å². The van der Waals surface area contributed by atoms with Crippen LogP contribution in [0.1, 0.15) is 5.56 Å². The van der Waals surface area contributed by atoms with Crippen LogP contribution in [0.15, 0.2) is 61.1 Å². The SMILES string of the molecule is COc1ccc(-c2cnc3ncnn3c2NCc2ccc(OC(F)F)cc2)cc1.